The molecule has 0 unspecified atom stereocenters. The van der Waals surface area contributed by atoms with E-state index >= 15 is 0 Å². The Balaban J connectivity index is 2.27. The van der Waals surface area contributed by atoms with Crippen LogP contribution in [0.1, 0.15) is 28.8 Å². The van der Waals surface area contributed by atoms with Crippen molar-refractivity contribution in [3.63, 3.8) is 0 Å². The van der Waals surface area contributed by atoms with Crippen molar-refractivity contribution in [3.05, 3.63) is 35.4 Å². The van der Waals surface area contributed by atoms with E-state index in [1.54, 1.807) is 24.3 Å². The first-order valence-corrected chi connectivity index (χ1v) is 5.02. The SMILES string of the molecule is COC(=O)c1ccc(C2(C(=O)O)CC2)cc1. The number of carboxylic acids is 1. The molecular weight excluding hydrogens is 208 g/mol. The summed E-state index contributed by atoms with van der Waals surface area (Å²) in [6, 6.07) is 6.58. The van der Waals surface area contributed by atoms with Crippen LogP contribution in [0.4, 0.5) is 0 Å². The molecule has 1 aromatic rings. The Labute approximate surface area is 92.8 Å². The van der Waals surface area contributed by atoms with Gasteiger partial charge in [0.15, 0.2) is 0 Å². The van der Waals surface area contributed by atoms with Crippen LogP contribution >= 0.6 is 0 Å². The minimum absolute atomic E-state index is 0.410. The maximum atomic E-state index is 11.2. The summed E-state index contributed by atoms with van der Waals surface area (Å²) in [6.45, 7) is 0. The topological polar surface area (TPSA) is 63.6 Å². The van der Waals surface area contributed by atoms with E-state index in [2.05, 4.69) is 4.74 Å². The number of hydrogen-bond acceptors (Lipinski definition) is 3. The van der Waals surface area contributed by atoms with Crippen molar-refractivity contribution < 1.29 is 19.4 Å². The monoisotopic (exact) mass is 220 g/mol. The lowest BCUT2D eigenvalue weighted by molar-refractivity contribution is -0.140. The van der Waals surface area contributed by atoms with Gasteiger partial charge in [0.1, 0.15) is 0 Å². The minimum atomic E-state index is -0.793. The quantitative estimate of drug-likeness (QED) is 0.785. The van der Waals surface area contributed by atoms with Crippen molar-refractivity contribution in [2.45, 2.75) is 18.3 Å². The van der Waals surface area contributed by atoms with E-state index in [-0.39, 0.29) is 0 Å². The summed E-state index contributed by atoms with van der Waals surface area (Å²) in [5.74, 6) is -1.20. The number of benzene rings is 1. The van der Waals surface area contributed by atoms with Crippen LogP contribution in [0.3, 0.4) is 0 Å². The Kier molecular flexibility index (Phi) is 2.42. The van der Waals surface area contributed by atoms with Crippen LogP contribution in [-0.4, -0.2) is 24.2 Å². The second-order valence-electron chi connectivity index (χ2n) is 3.96. The van der Waals surface area contributed by atoms with Crippen LogP contribution in [0.2, 0.25) is 0 Å². The van der Waals surface area contributed by atoms with Crippen LogP contribution in [0.5, 0.6) is 0 Å². The number of esters is 1. The number of methoxy groups -OCH3 is 1. The average Bonchev–Trinajstić information content (AvgIpc) is 3.09. The van der Waals surface area contributed by atoms with Crippen molar-refractivity contribution in [2.24, 2.45) is 0 Å². The Hall–Kier alpha value is -1.84. The third-order valence-electron chi connectivity index (χ3n) is 3.02. The molecule has 1 saturated carbocycles. The van der Waals surface area contributed by atoms with Crippen LogP contribution in [0.15, 0.2) is 24.3 Å². The zero-order valence-corrected chi connectivity index (χ0v) is 8.90. The number of carbonyl (C=O) groups excluding carboxylic acids is 1. The maximum absolute atomic E-state index is 11.2. The van der Waals surface area contributed by atoms with Gasteiger partial charge in [-0.25, -0.2) is 4.79 Å². The molecule has 84 valence electrons. The summed E-state index contributed by atoms with van der Waals surface area (Å²) in [7, 11) is 1.32. The van der Waals surface area contributed by atoms with Gasteiger partial charge >= 0.3 is 11.9 Å². The van der Waals surface area contributed by atoms with Gasteiger partial charge < -0.3 is 9.84 Å². The number of rotatable bonds is 3. The molecule has 0 saturated heterocycles. The molecule has 0 atom stereocenters. The van der Waals surface area contributed by atoms with Gasteiger partial charge in [0.05, 0.1) is 18.1 Å². The van der Waals surface area contributed by atoms with Crippen molar-refractivity contribution >= 4 is 11.9 Å². The lowest BCUT2D eigenvalue weighted by atomic mass is 9.95. The van der Waals surface area contributed by atoms with Gasteiger partial charge in [-0.05, 0) is 30.5 Å². The molecule has 0 bridgehead atoms. The van der Waals surface area contributed by atoms with E-state index in [0.29, 0.717) is 18.4 Å². The first-order chi connectivity index (χ1) is 7.60. The van der Waals surface area contributed by atoms with Crippen LogP contribution in [0, 0.1) is 0 Å². The molecule has 1 fully saturated rings. The molecule has 0 aromatic heterocycles. The summed E-state index contributed by atoms with van der Waals surface area (Å²) in [6.07, 6.45) is 1.33. The first kappa shape index (κ1) is 10.7. The third-order valence-corrected chi connectivity index (χ3v) is 3.02. The van der Waals surface area contributed by atoms with Crippen molar-refractivity contribution in [1.29, 1.82) is 0 Å². The number of carboxylic acid groups (broad SMARTS) is 1. The largest absolute Gasteiger partial charge is 0.481 e. The summed E-state index contributed by atoms with van der Waals surface area (Å²) < 4.78 is 4.57. The Bertz CT molecular complexity index is 429. The maximum Gasteiger partial charge on any atom is 0.337 e. The molecule has 0 spiro atoms. The standard InChI is InChI=1S/C12H12O4/c1-16-10(13)8-2-4-9(5-3-8)12(6-7-12)11(14)15/h2-5H,6-7H2,1H3,(H,14,15). The summed E-state index contributed by atoms with van der Waals surface area (Å²) in [5.41, 5.74) is 0.481. The molecular formula is C12H12O4. The lowest BCUT2D eigenvalue weighted by Gasteiger charge is -2.10. The van der Waals surface area contributed by atoms with Gasteiger partial charge in [-0.3, -0.25) is 4.79 Å². The fourth-order valence-corrected chi connectivity index (χ4v) is 1.79. The fraction of sp³-hybridized carbons (Fsp3) is 0.333. The van der Waals surface area contributed by atoms with E-state index in [0.717, 1.165) is 5.56 Å². The molecule has 1 aliphatic rings. The average molecular weight is 220 g/mol. The molecule has 0 radical (unpaired) electrons. The van der Waals surface area contributed by atoms with Gasteiger partial charge in [-0.1, -0.05) is 12.1 Å². The second kappa shape index (κ2) is 3.63. The zero-order valence-electron chi connectivity index (χ0n) is 8.90. The van der Waals surface area contributed by atoms with E-state index in [1.165, 1.54) is 7.11 Å². The summed E-state index contributed by atoms with van der Waals surface area (Å²) in [4.78, 5) is 22.3. The predicted octanol–water partition coefficient (Wildman–Crippen LogP) is 1.59. The molecule has 1 aromatic carbocycles. The van der Waals surface area contributed by atoms with Gasteiger partial charge in [-0.2, -0.15) is 0 Å². The molecule has 0 aliphatic heterocycles. The highest BCUT2D eigenvalue weighted by Gasteiger charge is 2.51. The molecule has 4 heteroatoms. The van der Waals surface area contributed by atoms with Crippen molar-refractivity contribution in [3.8, 4) is 0 Å². The van der Waals surface area contributed by atoms with E-state index in [9.17, 15) is 9.59 Å². The highest BCUT2D eigenvalue weighted by molar-refractivity contribution is 5.90. The van der Waals surface area contributed by atoms with Crippen LogP contribution < -0.4 is 0 Å². The third kappa shape index (κ3) is 1.56. The number of aliphatic carboxylic acids is 1. The van der Waals surface area contributed by atoms with Crippen LogP contribution in [0.25, 0.3) is 0 Å². The van der Waals surface area contributed by atoms with Crippen molar-refractivity contribution in [1.82, 2.24) is 0 Å². The molecule has 0 heterocycles. The van der Waals surface area contributed by atoms with Gasteiger partial charge in [0.25, 0.3) is 0 Å². The lowest BCUT2D eigenvalue weighted by Crippen LogP contribution is -2.19. The van der Waals surface area contributed by atoms with Crippen LogP contribution in [-0.2, 0) is 14.9 Å². The van der Waals surface area contributed by atoms with E-state index < -0.39 is 17.4 Å². The Morgan fingerprint density at radius 1 is 1.25 bits per heavy atom. The highest BCUT2D eigenvalue weighted by Crippen LogP contribution is 2.48. The zero-order chi connectivity index (χ0) is 11.8. The molecule has 0 amide bonds. The minimum Gasteiger partial charge on any atom is -0.481 e. The number of hydrogen-bond donors (Lipinski definition) is 1. The number of carbonyl (C=O) groups is 2. The first-order valence-electron chi connectivity index (χ1n) is 5.02. The Morgan fingerprint density at radius 3 is 2.19 bits per heavy atom. The molecule has 1 N–H and O–H groups in total. The second-order valence-corrected chi connectivity index (χ2v) is 3.96. The van der Waals surface area contributed by atoms with E-state index in [1.807, 2.05) is 0 Å². The van der Waals surface area contributed by atoms with E-state index in [4.69, 9.17) is 5.11 Å². The van der Waals surface area contributed by atoms with Gasteiger partial charge in [0, 0.05) is 0 Å². The van der Waals surface area contributed by atoms with Gasteiger partial charge in [-0.15, -0.1) is 0 Å². The van der Waals surface area contributed by atoms with Crippen molar-refractivity contribution in [2.75, 3.05) is 7.11 Å². The fourth-order valence-electron chi connectivity index (χ4n) is 1.79. The predicted molar refractivity (Wildman–Crippen MR) is 56.3 cm³/mol. The number of ether oxygens (including phenoxy) is 1. The smallest absolute Gasteiger partial charge is 0.337 e. The summed E-state index contributed by atoms with van der Waals surface area (Å²) >= 11 is 0. The highest BCUT2D eigenvalue weighted by atomic mass is 16.5. The molecule has 1 aliphatic carbocycles. The normalized spacial score (nSPS) is 16.6. The molecule has 2 rings (SSSR count). The van der Waals surface area contributed by atoms with Gasteiger partial charge in [0.2, 0.25) is 0 Å². The molecule has 16 heavy (non-hydrogen) atoms. The molecule has 4 nitrogen and oxygen atoms in total. The summed E-state index contributed by atoms with van der Waals surface area (Å²) in [5, 5.41) is 9.09. The Morgan fingerprint density at radius 2 is 1.81 bits per heavy atom.